The summed E-state index contributed by atoms with van der Waals surface area (Å²) >= 11 is 0. The third-order valence-corrected chi connectivity index (χ3v) is 5.09. The first-order valence-corrected chi connectivity index (χ1v) is 13.0. The van der Waals surface area contributed by atoms with Crippen molar-refractivity contribution in [1.29, 1.82) is 0 Å². The molecule has 0 aliphatic heterocycles. The molecule has 0 fully saturated rings. The molecule has 0 aromatic rings. The predicted molar refractivity (Wildman–Crippen MR) is 140 cm³/mol. The second-order valence-electron chi connectivity index (χ2n) is 11.0. The van der Waals surface area contributed by atoms with E-state index >= 15 is 0 Å². The standard InChI is InChI=1S/C28H51NO5/c1-8-9-10-11-12-13-14-15-16-17-18-19-20-21-24(30)23(22-33-25(31)27(2,3)4)29-26(32)34-28(5,6)7/h13-14,20-21,23-24,30H,8-12,15-19,22H2,1-7H3,(H,29,32)/b14-13-,21-20+/t23-,24+/m0/s1. The van der Waals surface area contributed by atoms with Crippen LogP contribution in [0.2, 0.25) is 0 Å². The predicted octanol–water partition coefficient (Wildman–Crippen LogP) is 6.86. The minimum atomic E-state index is -0.990. The van der Waals surface area contributed by atoms with Crippen LogP contribution in [0.1, 0.15) is 113 Å². The van der Waals surface area contributed by atoms with Crippen molar-refractivity contribution < 1.29 is 24.2 Å². The molecule has 0 saturated heterocycles. The molecule has 0 saturated carbocycles. The normalized spacial score (nSPS) is 14.4. The third-order valence-electron chi connectivity index (χ3n) is 5.09. The van der Waals surface area contributed by atoms with E-state index in [1.807, 2.05) is 6.08 Å². The van der Waals surface area contributed by atoms with E-state index in [0.717, 1.165) is 32.1 Å². The Labute approximate surface area is 208 Å². The van der Waals surface area contributed by atoms with Gasteiger partial charge in [0.15, 0.2) is 0 Å². The Balaban J connectivity index is 4.45. The Bertz CT molecular complexity index is 613. The topological polar surface area (TPSA) is 84.9 Å². The van der Waals surface area contributed by atoms with Crippen LogP contribution in [0, 0.1) is 5.41 Å². The Morgan fingerprint density at radius 2 is 1.38 bits per heavy atom. The maximum atomic E-state index is 12.2. The number of hydrogen-bond acceptors (Lipinski definition) is 5. The van der Waals surface area contributed by atoms with Crippen molar-refractivity contribution in [3.05, 3.63) is 24.3 Å². The SMILES string of the molecule is CCCCCC/C=C\CCCCC/C=C/[C@@H](O)[C@H](COC(=O)C(C)(C)C)NC(=O)OC(C)(C)C. The number of ether oxygens (including phenoxy) is 2. The van der Waals surface area contributed by atoms with Crippen LogP contribution in [0.3, 0.4) is 0 Å². The van der Waals surface area contributed by atoms with Gasteiger partial charge in [0, 0.05) is 0 Å². The van der Waals surface area contributed by atoms with Gasteiger partial charge < -0.3 is 19.9 Å². The van der Waals surface area contributed by atoms with Gasteiger partial charge >= 0.3 is 12.1 Å². The van der Waals surface area contributed by atoms with Gasteiger partial charge in [-0.25, -0.2) is 4.79 Å². The van der Waals surface area contributed by atoms with E-state index in [4.69, 9.17) is 9.47 Å². The first kappa shape index (κ1) is 32.2. The van der Waals surface area contributed by atoms with Crippen molar-refractivity contribution in [2.45, 2.75) is 130 Å². The Morgan fingerprint density at radius 3 is 1.88 bits per heavy atom. The summed E-state index contributed by atoms with van der Waals surface area (Å²) in [5.41, 5.74) is -1.33. The zero-order valence-corrected chi connectivity index (χ0v) is 22.8. The summed E-state index contributed by atoms with van der Waals surface area (Å²) in [6.07, 6.45) is 18.2. The number of hydrogen-bond donors (Lipinski definition) is 2. The highest BCUT2D eigenvalue weighted by Crippen LogP contribution is 2.16. The molecule has 0 heterocycles. The molecule has 198 valence electrons. The van der Waals surface area contributed by atoms with Crippen LogP contribution in [0.5, 0.6) is 0 Å². The third kappa shape index (κ3) is 18.6. The van der Waals surface area contributed by atoms with Crippen molar-refractivity contribution >= 4 is 12.1 Å². The molecule has 0 spiro atoms. The summed E-state index contributed by atoms with van der Waals surface area (Å²) in [6.45, 7) is 12.7. The van der Waals surface area contributed by atoms with Gasteiger partial charge in [-0.3, -0.25) is 4.79 Å². The Morgan fingerprint density at radius 1 is 0.853 bits per heavy atom. The van der Waals surface area contributed by atoms with Gasteiger partial charge in [-0.05, 0) is 80.1 Å². The number of aliphatic hydroxyl groups excluding tert-OH is 1. The molecule has 34 heavy (non-hydrogen) atoms. The van der Waals surface area contributed by atoms with Crippen LogP contribution in [-0.2, 0) is 14.3 Å². The van der Waals surface area contributed by atoms with Gasteiger partial charge in [0.2, 0.25) is 0 Å². The molecule has 6 heteroatoms. The molecule has 6 nitrogen and oxygen atoms in total. The molecule has 1 amide bonds. The summed E-state index contributed by atoms with van der Waals surface area (Å²) in [5, 5.41) is 13.2. The number of nitrogens with one attached hydrogen (secondary N) is 1. The number of aliphatic hydroxyl groups is 1. The lowest BCUT2D eigenvalue weighted by Crippen LogP contribution is -2.48. The van der Waals surface area contributed by atoms with E-state index in [9.17, 15) is 14.7 Å². The van der Waals surface area contributed by atoms with Crippen molar-refractivity contribution in [2.24, 2.45) is 5.41 Å². The number of esters is 1. The van der Waals surface area contributed by atoms with Gasteiger partial charge in [-0.2, -0.15) is 0 Å². The number of amides is 1. The van der Waals surface area contributed by atoms with Crippen LogP contribution in [-0.4, -0.2) is 41.5 Å². The summed E-state index contributed by atoms with van der Waals surface area (Å²) in [6, 6.07) is -0.792. The number of rotatable bonds is 16. The first-order valence-electron chi connectivity index (χ1n) is 13.0. The minimum absolute atomic E-state index is 0.133. The first-order chi connectivity index (χ1) is 15.9. The van der Waals surface area contributed by atoms with E-state index in [1.165, 1.54) is 32.1 Å². The summed E-state index contributed by atoms with van der Waals surface area (Å²) < 4.78 is 10.6. The Kier molecular flexibility index (Phi) is 16.6. The average molecular weight is 482 g/mol. The average Bonchev–Trinajstić information content (AvgIpc) is 2.71. The van der Waals surface area contributed by atoms with E-state index in [0.29, 0.717) is 0 Å². The quantitative estimate of drug-likeness (QED) is 0.143. The molecule has 0 aliphatic rings. The van der Waals surface area contributed by atoms with Gasteiger partial charge in [0.25, 0.3) is 0 Å². The molecular weight excluding hydrogens is 430 g/mol. The lowest BCUT2D eigenvalue weighted by atomic mass is 9.97. The van der Waals surface area contributed by atoms with Crippen LogP contribution >= 0.6 is 0 Å². The molecule has 0 unspecified atom stereocenters. The van der Waals surface area contributed by atoms with Gasteiger partial charge in [-0.15, -0.1) is 0 Å². The smallest absolute Gasteiger partial charge is 0.408 e. The monoisotopic (exact) mass is 481 g/mol. The highest BCUT2D eigenvalue weighted by atomic mass is 16.6. The molecule has 0 aromatic heterocycles. The van der Waals surface area contributed by atoms with Crippen molar-refractivity contribution in [1.82, 2.24) is 5.32 Å². The van der Waals surface area contributed by atoms with Crippen LogP contribution in [0.15, 0.2) is 24.3 Å². The van der Waals surface area contributed by atoms with Crippen LogP contribution in [0.4, 0.5) is 4.79 Å². The number of unbranched alkanes of at least 4 members (excludes halogenated alkanes) is 8. The molecule has 0 aromatic carbocycles. The minimum Gasteiger partial charge on any atom is -0.463 e. The fraction of sp³-hybridized carbons (Fsp3) is 0.786. The van der Waals surface area contributed by atoms with Crippen molar-refractivity contribution in [3.63, 3.8) is 0 Å². The van der Waals surface area contributed by atoms with Crippen molar-refractivity contribution in [2.75, 3.05) is 6.61 Å². The molecule has 0 bridgehead atoms. The lowest BCUT2D eigenvalue weighted by Gasteiger charge is -2.26. The number of allylic oxidation sites excluding steroid dienone is 3. The molecule has 0 rings (SSSR count). The molecular formula is C28H51NO5. The maximum Gasteiger partial charge on any atom is 0.408 e. The van der Waals surface area contributed by atoms with Crippen molar-refractivity contribution in [3.8, 4) is 0 Å². The fourth-order valence-electron chi connectivity index (χ4n) is 3.06. The van der Waals surface area contributed by atoms with E-state index < -0.39 is 35.2 Å². The number of carbonyl (C=O) groups excluding carboxylic acids is 2. The van der Waals surface area contributed by atoms with Gasteiger partial charge in [0.05, 0.1) is 17.6 Å². The summed E-state index contributed by atoms with van der Waals surface area (Å²) in [4.78, 5) is 24.3. The number of alkyl carbamates (subject to hydrolysis) is 1. The molecule has 2 atom stereocenters. The Hall–Kier alpha value is -1.82. The highest BCUT2D eigenvalue weighted by Gasteiger charge is 2.28. The van der Waals surface area contributed by atoms with Gasteiger partial charge in [0.1, 0.15) is 12.2 Å². The van der Waals surface area contributed by atoms with E-state index in [2.05, 4.69) is 24.4 Å². The molecule has 2 N–H and O–H groups in total. The maximum absolute atomic E-state index is 12.2. The zero-order chi connectivity index (χ0) is 26.0. The fourth-order valence-corrected chi connectivity index (χ4v) is 3.06. The van der Waals surface area contributed by atoms with Crippen LogP contribution < -0.4 is 5.32 Å². The van der Waals surface area contributed by atoms with E-state index in [-0.39, 0.29) is 6.61 Å². The largest absolute Gasteiger partial charge is 0.463 e. The summed E-state index contributed by atoms with van der Waals surface area (Å²) in [7, 11) is 0. The molecule has 0 radical (unpaired) electrons. The molecule has 0 aliphatic carbocycles. The van der Waals surface area contributed by atoms with Gasteiger partial charge in [-0.1, -0.05) is 56.9 Å². The lowest BCUT2D eigenvalue weighted by molar-refractivity contribution is -0.154. The second-order valence-corrected chi connectivity index (χ2v) is 11.0. The van der Waals surface area contributed by atoms with E-state index in [1.54, 1.807) is 47.6 Å². The highest BCUT2D eigenvalue weighted by molar-refractivity contribution is 5.75. The van der Waals surface area contributed by atoms with Crippen LogP contribution in [0.25, 0.3) is 0 Å². The second kappa shape index (κ2) is 17.6. The summed E-state index contributed by atoms with van der Waals surface area (Å²) in [5.74, 6) is -0.394. The zero-order valence-electron chi connectivity index (χ0n) is 22.8. The number of carbonyl (C=O) groups is 2.